The molecule has 1 heterocycles. The summed E-state index contributed by atoms with van der Waals surface area (Å²) in [5, 5.41) is 20.9. The van der Waals surface area contributed by atoms with Crippen molar-refractivity contribution in [2.75, 3.05) is 26.8 Å². The molecule has 0 saturated carbocycles. The molecule has 1 aliphatic heterocycles. The van der Waals surface area contributed by atoms with E-state index in [1.165, 1.54) is 13.2 Å². The van der Waals surface area contributed by atoms with Crippen LogP contribution in [0.5, 0.6) is 11.5 Å². The highest BCUT2D eigenvalue weighted by atomic mass is 16.6. The maximum atomic E-state index is 11.9. The number of nitro groups is 1. The molecule has 0 amide bonds. The van der Waals surface area contributed by atoms with Gasteiger partial charge in [-0.25, -0.2) is 0 Å². The van der Waals surface area contributed by atoms with Crippen LogP contribution >= 0.6 is 0 Å². The van der Waals surface area contributed by atoms with Gasteiger partial charge in [0.2, 0.25) is 5.75 Å². The first-order valence-electron chi connectivity index (χ1n) is 7.89. The number of nitro benzene ring substituents is 1. The van der Waals surface area contributed by atoms with Crippen molar-refractivity contribution in [1.29, 1.82) is 0 Å². The summed E-state index contributed by atoms with van der Waals surface area (Å²) in [6, 6.07) is 2.92. The normalized spacial score (nSPS) is 18.2. The molecule has 0 aliphatic carbocycles. The first-order valence-corrected chi connectivity index (χ1v) is 7.89. The van der Waals surface area contributed by atoms with E-state index in [4.69, 9.17) is 9.47 Å². The number of carbonyl (C=O) groups excluding carboxylic acids is 1. The lowest BCUT2D eigenvalue weighted by Gasteiger charge is -2.31. The summed E-state index contributed by atoms with van der Waals surface area (Å²) in [5.41, 5.74) is 0.268. The molecule has 1 saturated heterocycles. The van der Waals surface area contributed by atoms with Crippen LogP contribution in [-0.2, 0) is 16.1 Å². The van der Waals surface area contributed by atoms with Crippen molar-refractivity contribution in [3.8, 4) is 11.5 Å². The monoisotopic (exact) mass is 338 g/mol. The van der Waals surface area contributed by atoms with Crippen LogP contribution in [0.25, 0.3) is 0 Å². The van der Waals surface area contributed by atoms with Crippen molar-refractivity contribution in [3.63, 3.8) is 0 Å². The number of benzene rings is 1. The number of hydrogen-bond acceptors (Lipinski definition) is 7. The first kappa shape index (κ1) is 18.0. The fraction of sp³-hybridized carbons (Fsp3) is 0.562. The van der Waals surface area contributed by atoms with Crippen LogP contribution in [0.2, 0.25) is 0 Å². The van der Waals surface area contributed by atoms with Crippen molar-refractivity contribution in [2.24, 2.45) is 5.92 Å². The van der Waals surface area contributed by atoms with Crippen molar-refractivity contribution >= 4 is 11.7 Å². The Morgan fingerprint density at radius 2 is 2.25 bits per heavy atom. The molecule has 1 unspecified atom stereocenters. The van der Waals surface area contributed by atoms with Gasteiger partial charge in [-0.3, -0.25) is 19.8 Å². The second-order valence-electron chi connectivity index (χ2n) is 5.75. The van der Waals surface area contributed by atoms with Crippen LogP contribution < -0.4 is 4.74 Å². The number of likely N-dealkylation sites (tertiary alicyclic amines) is 1. The number of phenolic OH excluding ortho intramolecular Hbond substituents is 1. The number of rotatable bonds is 6. The Morgan fingerprint density at radius 1 is 1.50 bits per heavy atom. The molecule has 132 valence electrons. The Bertz CT molecular complexity index is 619. The molecular weight excluding hydrogens is 316 g/mol. The van der Waals surface area contributed by atoms with Gasteiger partial charge in [0.15, 0.2) is 5.75 Å². The average Bonchev–Trinajstić information content (AvgIpc) is 2.56. The molecule has 0 bridgehead atoms. The van der Waals surface area contributed by atoms with Gasteiger partial charge in [-0.1, -0.05) is 0 Å². The minimum atomic E-state index is -0.640. The van der Waals surface area contributed by atoms with Crippen molar-refractivity contribution in [2.45, 2.75) is 26.3 Å². The molecular formula is C16H22N2O6. The molecule has 8 nitrogen and oxygen atoms in total. The lowest BCUT2D eigenvalue weighted by molar-refractivity contribution is -0.386. The summed E-state index contributed by atoms with van der Waals surface area (Å²) < 4.78 is 10.1. The third-order valence-corrected chi connectivity index (χ3v) is 4.06. The van der Waals surface area contributed by atoms with Gasteiger partial charge < -0.3 is 14.6 Å². The average molecular weight is 338 g/mol. The van der Waals surface area contributed by atoms with E-state index in [9.17, 15) is 20.0 Å². The number of phenols is 1. The second-order valence-corrected chi connectivity index (χ2v) is 5.75. The SMILES string of the molecule is CCOC(=O)C1CCCN(Cc2cc(OC)c(O)c([N+](=O)[O-])c2)C1. The molecule has 1 aromatic rings. The molecule has 1 N–H and O–H groups in total. The Balaban J connectivity index is 2.14. The number of methoxy groups -OCH3 is 1. The van der Waals surface area contributed by atoms with Gasteiger partial charge in [0.25, 0.3) is 0 Å². The topological polar surface area (TPSA) is 102 Å². The van der Waals surface area contributed by atoms with Gasteiger partial charge in [-0.2, -0.15) is 0 Å². The summed E-state index contributed by atoms with van der Waals surface area (Å²) in [7, 11) is 1.35. The Morgan fingerprint density at radius 3 is 2.88 bits per heavy atom. The van der Waals surface area contributed by atoms with Gasteiger partial charge >= 0.3 is 11.7 Å². The Kier molecular flexibility index (Phi) is 5.97. The van der Waals surface area contributed by atoms with Crippen molar-refractivity contribution in [1.82, 2.24) is 4.90 Å². The highest BCUT2D eigenvalue weighted by Crippen LogP contribution is 2.37. The Hall–Kier alpha value is -2.35. The van der Waals surface area contributed by atoms with E-state index >= 15 is 0 Å². The van der Waals surface area contributed by atoms with Crippen molar-refractivity contribution in [3.05, 3.63) is 27.8 Å². The van der Waals surface area contributed by atoms with E-state index in [2.05, 4.69) is 4.90 Å². The zero-order valence-electron chi connectivity index (χ0n) is 13.9. The molecule has 1 aliphatic rings. The maximum Gasteiger partial charge on any atom is 0.314 e. The quantitative estimate of drug-likeness (QED) is 0.481. The van der Waals surface area contributed by atoms with Gasteiger partial charge in [0, 0.05) is 19.2 Å². The minimum absolute atomic E-state index is 0.0677. The van der Waals surface area contributed by atoms with E-state index in [0.29, 0.717) is 25.3 Å². The number of aromatic hydroxyl groups is 1. The maximum absolute atomic E-state index is 11.9. The number of nitrogens with zero attached hydrogens (tertiary/aromatic N) is 2. The van der Waals surface area contributed by atoms with Gasteiger partial charge in [-0.05, 0) is 37.9 Å². The lowest BCUT2D eigenvalue weighted by atomic mass is 9.97. The van der Waals surface area contributed by atoms with Crippen LogP contribution in [0.4, 0.5) is 5.69 Å². The first-order chi connectivity index (χ1) is 11.5. The highest BCUT2D eigenvalue weighted by Gasteiger charge is 2.28. The van der Waals surface area contributed by atoms with E-state index in [1.54, 1.807) is 13.0 Å². The van der Waals surface area contributed by atoms with Crippen LogP contribution in [0, 0.1) is 16.0 Å². The fourth-order valence-corrected chi connectivity index (χ4v) is 2.94. The fourth-order valence-electron chi connectivity index (χ4n) is 2.94. The van der Waals surface area contributed by atoms with Crippen molar-refractivity contribution < 1.29 is 24.3 Å². The predicted molar refractivity (Wildman–Crippen MR) is 85.9 cm³/mol. The largest absolute Gasteiger partial charge is 0.500 e. The molecule has 1 fully saturated rings. The molecule has 0 radical (unpaired) electrons. The molecule has 2 rings (SSSR count). The van der Waals surface area contributed by atoms with E-state index in [1.807, 2.05) is 0 Å². The summed E-state index contributed by atoms with van der Waals surface area (Å²) in [4.78, 5) is 24.4. The second kappa shape index (κ2) is 7.96. The van der Waals surface area contributed by atoms with Gasteiger partial charge in [0.1, 0.15) is 0 Å². The Labute approximate surface area is 140 Å². The smallest absolute Gasteiger partial charge is 0.314 e. The van der Waals surface area contributed by atoms with E-state index < -0.39 is 10.7 Å². The van der Waals surface area contributed by atoms with Crippen LogP contribution in [-0.4, -0.2) is 47.7 Å². The van der Waals surface area contributed by atoms with E-state index in [0.717, 1.165) is 19.4 Å². The number of carbonyl (C=O) groups is 1. The molecule has 1 aromatic carbocycles. The molecule has 0 spiro atoms. The van der Waals surface area contributed by atoms with E-state index in [-0.39, 0.29) is 23.3 Å². The zero-order chi connectivity index (χ0) is 17.7. The third kappa shape index (κ3) is 4.14. The van der Waals surface area contributed by atoms with Gasteiger partial charge in [0.05, 0.1) is 24.6 Å². The van der Waals surface area contributed by atoms with Gasteiger partial charge in [-0.15, -0.1) is 0 Å². The minimum Gasteiger partial charge on any atom is -0.500 e. The lowest BCUT2D eigenvalue weighted by Crippen LogP contribution is -2.38. The molecule has 8 heteroatoms. The number of ether oxygens (including phenoxy) is 2. The summed E-state index contributed by atoms with van der Waals surface area (Å²) in [6.45, 7) is 3.92. The summed E-state index contributed by atoms with van der Waals surface area (Å²) in [5.74, 6) is -0.781. The summed E-state index contributed by atoms with van der Waals surface area (Å²) >= 11 is 0. The third-order valence-electron chi connectivity index (χ3n) is 4.06. The van der Waals surface area contributed by atoms with Crippen LogP contribution in [0.15, 0.2) is 12.1 Å². The molecule has 1 atom stereocenters. The van der Waals surface area contributed by atoms with Crippen LogP contribution in [0.3, 0.4) is 0 Å². The van der Waals surface area contributed by atoms with Crippen LogP contribution in [0.1, 0.15) is 25.3 Å². The number of esters is 1. The number of piperidine rings is 1. The standard InChI is InChI=1S/C16H22N2O6/c1-3-24-16(20)12-5-4-6-17(10-12)9-11-7-13(18(21)22)15(19)14(8-11)23-2/h7-8,12,19H,3-6,9-10H2,1-2H3. The summed E-state index contributed by atoms with van der Waals surface area (Å²) in [6.07, 6.45) is 1.65. The predicted octanol–water partition coefficient (Wildman–Crippen LogP) is 2.08. The number of hydrogen-bond donors (Lipinski definition) is 1. The molecule has 24 heavy (non-hydrogen) atoms. The molecule has 0 aromatic heterocycles. The zero-order valence-corrected chi connectivity index (χ0v) is 13.9. The highest BCUT2D eigenvalue weighted by molar-refractivity contribution is 5.72.